The minimum atomic E-state index is -0.251. The van der Waals surface area contributed by atoms with Crippen molar-refractivity contribution in [3.63, 3.8) is 0 Å². The standard InChI is InChI=1S/C22H19ClN2O2/c1-16-8-2-5-11-19(16)22(26)25-24-14-17-9-4-7-13-21(17)27-15-18-10-3-6-12-20(18)23/h2-14H,15H2,1H3,(H,25,26)/b24-14+. The number of carbonyl (C=O) groups is 1. The first-order valence-electron chi connectivity index (χ1n) is 8.49. The van der Waals surface area contributed by atoms with Crippen molar-refractivity contribution in [3.8, 4) is 5.75 Å². The molecule has 136 valence electrons. The molecular weight excluding hydrogens is 360 g/mol. The molecule has 0 heterocycles. The topological polar surface area (TPSA) is 50.7 Å². The van der Waals surface area contributed by atoms with E-state index in [-0.39, 0.29) is 5.91 Å². The van der Waals surface area contributed by atoms with Crippen LogP contribution in [0.3, 0.4) is 0 Å². The summed E-state index contributed by atoms with van der Waals surface area (Å²) < 4.78 is 5.88. The highest BCUT2D eigenvalue weighted by atomic mass is 35.5. The molecular formula is C22H19ClN2O2. The van der Waals surface area contributed by atoms with Crippen LogP contribution in [0.15, 0.2) is 77.9 Å². The van der Waals surface area contributed by atoms with E-state index in [0.29, 0.717) is 22.9 Å². The van der Waals surface area contributed by atoms with Crippen molar-refractivity contribution < 1.29 is 9.53 Å². The Kier molecular flexibility index (Phi) is 6.23. The Morgan fingerprint density at radius 1 is 1.04 bits per heavy atom. The largest absolute Gasteiger partial charge is 0.488 e. The Morgan fingerprint density at radius 3 is 2.56 bits per heavy atom. The first-order valence-corrected chi connectivity index (χ1v) is 8.87. The number of ether oxygens (including phenoxy) is 1. The van der Waals surface area contributed by atoms with E-state index in [9.17, 15) is 4.79 Å². The maximum Gasteiger partial charge on any atom is 0.271 e. The summed E-state index contributed by atoms with van der Waals surface area (Å²) in [6.07, 6.45) is 1.57. The Morgan fingerprint density at radius 2 is 1.74 bits per heavy atom. The molecule has 5 heteroatoms. The molecule has 4 nitrogen and oxygen atoms in total. The third-order valence-electron chi connectivity index (χ3n) is 4.02. The highest BCUT2D eigenvalue weighted by Crippen LogP contribution is 2.21. The first kappa shape index (κ1) is 18.7. The summed E-state index contributed by atoms with van der Waals surface area (Å²) in [5, 5.41) is 4.72. The molecule has 27 heavy (non-hydrogen) atoms. The molecule has 0 bridgehead atoms. The second-order valence-electron chi connectivity index (χ2n) is 5.93. The maximum atomic E-state index is 12.2. The number of nitrogens with one attached hydrogen (secondary N) is 1. The molecule has 0 spiro atoms. The van der Waals surface area contributed by atoms with Crippen molar-refractivity contribution in [1.29, 1.82) is 0 Å². The SMILES string of the molecule is Cc1ccccc1C(=O)N/N=C/c1ccccc1OCc1ccccc1Cl. The monoisotopic (exact) mass is 378 g/mol. The number of nitrogens with zero attached hydrogens (tertiary/aromatic N) is 1. The molecule has 0 fully saturated rings. The van der Waals surface area contributed by atoms with Gasteiger partial charge in [-0.25, -0.2) is 5.43 Å². The molecule has 0 saturated heterocycles. The number of aryl methyl sites for hydroxylation is 1. The molecule has 1 amide bonds. The lowest BCUT2D eigenvalue weighted by molar-refractivity contribution is 0.0954. The first-order chi connectivity index (χ1) is 13.1. The average molecular weight is 379 g/mol. The zero-order valence-electron chi connectivity index (χ0n) is 14.9. The Balaban J connectivity index is 1.67. The van der Waals surface area contributed by atoms with Crippen LogP contribution in [0.2, 0.25) is 5.02 Å². The smallest absolute Gasteiger partial charge is 0.271 e. The summed E-state index contributed by atoms with van der Waals surface area (Å²) in [6, 6.07) is 22.4. The number of amides is 1. The molecule has 0 aliphatic heterocycles. The number of benzene rings is 3. The molecule has 0 aliphatic rings. The normalized spacial score (nSPS) is 10.7. The van der Waals surface area contributed by atoms with E-state index in [1.807, 2.05) is 73.7 Å². The number of hydrogen-bond donors (Lipinski definition) is 1. The highest BCUT2D eigenvalue weighted by molar-refractivity contribution is 6.31. The van der Waals surface area contributed by atoms with Gasteiger partial charge in [0.1, 0.15) is 12.4 Å². The van der Waals surface area contributed by atoms with E-state index in [1.54, 1.807) is 12.3 Å². The van der Waals surface area contributed by atoms with Crippen LogP contribution in [-0.2, 0) is 6.61 Å². The van der Waals surface area contributed by atoms with Gasteiger partial charge in [-0.15, -0.1) is 0 Å². The quantitative estimate of drug-likeness (QED) is 0.485. The Bertz CT molecular complexity index is 970. The van der Waals surface area contributed by atoms with Crippen LogP contribution in [0, 0.1) is 6.92 Å². The summed E-state index contributed by atoms with van der Waals surface area (Å²) in [5.74, 6) is 0.408. The van der Waals surface area contributed by atoms with Crippen molar-refractivity contribution in [2.45, 2.75) is 13.5 Å². The van der Waals surface area contributed by atoms with Crippen LogP contribution in [0.25, 0.3) is 0 Å². The predicted molar refractivity (Wildman–Crippen MR) is 108 cm³/mol. The minimum Gasteiger partial charge on any atom is -0.488 e. The fourth-order valence-electron chi connectivity index (χ4n) is 2.54. The van der Waals surface area contributed by atoms with E-state index in [4.69, 9.17) is 16.3 Å². The van der Waals surface area contributed by atoms with E-state index < -0.39 is 0 Å². The lowest BCUT2D eigenvalue weighted by Crippen LogP contribution is -2.18. The number of hydrogen-bond acceptors (Lipinski definition) is 3. The zero-order chi connectivity index (χ0) is 19.1. The van der Waals surface area contributed by atoms with Gasteiger partial charge in [-0.05, 0) is 36.8 Å². The fraction of sp³-hybridized carbons (Fsp3) is 0.0909. The number of hydrazone groups is 1. The van der Waals surface area contributed by atoms with Gasteiger partial charge >= 0.3 is 0 Å². The van der Waals surface area contributed by atoms with Crippen molar-refractivity contribution in [1.82, 2.24) is 5.43 Å². The Labute approximate surface area is 163 Å². The van der Waals surface area contributed by atoms with Gasteiger partial charge in [0.15, 0.2) is 0 Å². The van der Waals surface area contributed by atoms with Crippen LogP contribution in [0.5, 0.6) is 5.75 Å². The van der Waals surface area contributed by atoms with Gasteiger partial charge < -0.3 is 4.74 Å². The molecule has 3 rings (SSSR count). The van der Waals surface area contributed by atoms with Gasteiger partial charge in [0.05, 0.1) is 6.21 Å². The van der Waals surface area contributed by atoms with Gasteiger partial charge in [0.2, 0.25) is 0 Å². The highest BCUT2D eigenvalue weighted by Gasteiger charge is 2.07. The second kappa shape index (κ2) is 9.01. The van der Waals surface area contributed by atoms with Crippen LogP contribution in [0.4, 0.5) is 0 Å². The molecule has 1 N–H and O–H groups in total. The number of rotatable bonds is 6. The summed E-state index contributed by atoms with van der Waals surface area (Å²) in [6.45, 7) is 2.23. The predicted octanol–water partition coefficient (Wildman–Crippen LogP) is 4.99. The Hall–Kier alpha value is -3.11. The summed E-state index contributed by atoms with van der Waals surface area (Å²) >= 11 is 6.17. The van der Waals surface area contributed by atoms with Crippen LogP contribution >= 0.6 is 11.6 Å². The van der Waals surface area contributed by atoms with E-state index >= 15 is 0 Å². The molecule has 3 aromatic rings. The van der Waals surface area contributed by atoms with Gasteiger partial charge in [0, 0.05) is 21.7 Å². The lowest BCUT2D eigenvalue weighted by atomic mass is 10.1. The number of carbonyl (C=O) groups excluding carboxylic acids is 1. The molecule has 0 aliphatic carbocycles. The van der Waals surface area contributed by atoms with Crippen molar-refractivity contribution in [2.24, 2.45) is 5.10 Å². The molecule has 0 aromatic heterocycles. The van der Waals surface area contributed by atoms with Crippen molar-refractivity contribution in [3.05, 3.63) is 100 Å². The van der Waals surface area contributed by atoms with Gasteiger partial charge in [0.25, 0.3) is 5.91 Å². The third kappa shape index (κ3) is 4.96. The minimum absolute atomic E-state index is 0.251. The van der Waals surface area contributed by atoms with Crippen LogP contribution in [-0.4, -0.2) is 12.1 Å². The van der Waals surface area contributed by atoms with E-state index in [1.165, 1.54) is 0 Å². The average Bonchev–Trinajstić information content (AvgIpc) is 2.68. The number of halogens is 1. The van der Waals surface area contributed by atoms with E-state index in [2.05, 4.69) is 10.5 Å². The molecule has 0 saturated carbocycles. The van der Waals surface area contributed by atoms with Gasteiger partial charge in [-0.2, -0.15) is 5.10 Å². The van der Waals surface area contributed by atoms with Crippen molar-refractivity contribution >= 4 is 23.7 Å². The van der Waals surface area contributed by atoms with Gasteiger partial charge in [-0.3, -0.25) is 4.79 Å². The lowest BCUT2D eigenvalue weighted by Gasteiger charge is -2.10. The molecule has 0 unspecified atom stereocenters. The van der Waals surface area contributed by atoms with E-state index in [0.717, 1.165) is 16.7 Å². The molecule has 0 radical (unpaired) electrons. The second-order valence-corrected chi connectivity index (χ2v) is 6.34. The summed E-state index contributed by atoms with van der Waals surface area (Å²) in [4.78, 5) is 12.2. The summed E-state index contributed by atoms with van der Waals surface area (Å²) in [7, 11) is 0. The maximum absolute atomic E-state index is 12.2. The molecule has 3 aromatic carbocycles. The van der Waals surface area contributed by atoms with Crippen LogP contribution < -0.4 is 10.2 Å². The van der Waals surface area contributed by atoms with Crippen molar-refractivity contribution in [2.75, 3.05) is 0 Å². The number of para-hydroxylation sites is 1. The van der Waals surface area contributed by atoms with Gasteiger partial charge in [-0.1, -0.05) is 60.1 Å². The zero-order valence-corrected chi connectivity index (χ0v) is 15.6. The van der Waals surface area contributed by atoms with Crippen LogP contribution in [0.1, 0.15) is 27.0 Å². The fourth-order valence-corrected chi connectivity index (χ4v) is 2.73. The summed E-state index contributed by atoms with van der Waals surface area (Å²) in [5.41, 5.74) is 5.70. The third-order valence-corrected chi connectivity index (χ3v) is 4.39. The molecule has 0 atom stereocenters.